The average molecular weight is 294 g/mol. The lowest BCUT2D eigenvalue weighted by atomic mass is 10.2. The second-order valence-corrected chi connectivity index (χ2v) is 4.58. The Kier molecular flexibility index (Phi) is 3.91. The molecule has 0 saturated carbocycles. The van der Waals surface area contributed by atoms with Gasteiger partial charge in [-0.2, -0.15) is 0 Å². The van der Waals surface area contributed by atoms with E-state index >= 15 is 0 Å². The maximum atomic E-state index is 11.6. The molecule has 0 aliphatic rings. The van der Waals surface area contributed by atoms with Crippen LogP contribution in [-0.4, -0.2) is 20.9 Å². The number of hydrogen-bond donors (Lipinski definition) is 1. The van der Waals surface area contributed by atoms with Gasteiger partial charge in [-0.1, -0.05) is 6.92 Å². The fourth-order valence-electron chi connectivity index (χ4n) is 1.92. The van der Waals surface area contributed by atoms with E-state index in [0.717, 1.165) is 5.56 Å². The molecule has 0 aromatic carbocycles. The van der Waals surface area contributed by atoms with Gasteiger partial charge in [0.25, 0.3) is 0 Å². The highest BCUT2D eigenvalue weighted by Gasteiger charge is 2.11. The Labute approximate surface area is 127 Å². The summed E-state index contributed by atoms with van der Waals surface area (Å²) in [5, 5.41) is 2.76. The van der Waals surface area contributed by atoms with Crippen LogP contribution < -0.4 is 5.32 Å². The number of furan rings is 1. The van der Waals surface area contributed by atoms with E-state index in [0.29, 0.717) is 29.5 Å². The Morgan fingerprint density at radius 3 is 2.73 bits per heavy atom. The van der Waals surface area contributed by atoms with Gasteiger partial charge in [0.2, 0.25) is 5.91 Å². The van der Waals surface area contributed by atoms with Crippen LogP contribution in [0.25, 0.3) is 22.8 Å². The summed E-state index contributed by atoms with van der Waals surface area (Å²) in [5.74, 6) is 1.46. The molecule has 110 valence electrons. The zero-order chi connectivity index (χ0) is 15.4. The molecule has 0 radical (unpaired) electrons. The van der Waals surface area contributed by atoms with Gasteiger partial charge in [0, 0.05) is 30.4 Å². The van der Waals surface area contributed by atoms with Crippen molar-refractivity contribution in [3.8, 4) is 22.8 Å². The van der Waals surface area contributed by atoms with Gasteiger partial charge in [-0.25, -0.2) is 9.97 Å². The predicted octanol–water partition coefficient (Wildman–Crippen LogP) is 3.15. The van der Waals surface area contributed by atoms with Crippen molar-refractivity contribution in [1.29, 1.82) is 0 Å². The van der Waals surface area contributed by atoms with Crippen LogP contribution in [0.3, 0.4) is 0 Å². The lowest BCUT2D eigenvalue weighted by molar-refractivity contribution is -0.115. The summed E-state index contributed by atoms with van der Waals surface area (Å²) in [5.41, 5.74) is 1.42. The molecule has 0 fully saturated rings. The van der Waals surface area contributed by atoms with Gasteiger partial charge < -0.3 is 9.73 Å². The molecule has 0 bridgehead atoms. The summed E-state index contributed by atoms with van der Waals surface area (Å²) in [6, 6.07) is 8.91. The number of nitrogens with zero attached hydrogens (tertiary/aromatic N) is 3. The van der Waals surface area contributed by atoms with Gasteiger partial charge in [0.1, 0.15) is 11.5 Å². The molecule has 22 heavy (non-hydrogen) atoms. The molecule has 3 heterocycles. The first kappa shape index (κ1) is 13.9. The average Bonchev–Trinajstić information content (AvgIpc) is 3.10. The van der Waals surface area contributed by atoms with E-state index in [1.54, 1.807) is 37.7 Å². The fraction of sp³-hybridized carbons (Fsp3) is 0.125. The first-order valence-corrected chi connectivity index (χ1v) is 6.89. The molecule has 0 spiro atoms. The van der Waals surface area contributed by atoms with Crippen LogP contribution >= 0.6 is 0 Å². The molecule has 6 heteroatoms. The molecule has 0 aliphatic carbocycles. The molecule has 3 aromatic rings. The van der Waals surface area contributed by atoms with Gasteiger partial charge in [-0.3, -0.25) is 9.78 Å². The van der Waals surface area contributed by atoms with Crippen molar-refractivity contribution in [3.63, 3.8) is 0 Å². The monoisotopic (exact) mass is 294 g/mol. The molecular formula is C16H14N4O2. The van der Waals surface area contributed by atoms with Gasteiger partial charge in [0.15, 0.2) is 11.6 Å². The number of pyridine rings is 1. The minimum Gasteiger partial charge on any atom is -0.463 e. The number of rotatable bonds is 4. The summed E-state index contributed by atoms with van der Waals surface area (Å²) >= 11 is 0. The van der Waals surface area contributed by atoms with E-state index in [2.05, 4.69) is 20.3 Å². The van der Waals surface area contributed by atoms with Crippen molar-refractivity contribution < 1.29 is 9.21 Å². The summed E-state index contributed by atoms with van der Waals surface area (Å²) in [6.07, 6.45) is 5.30. The van der Waals surface area contributed by atoms with Crippen molar-refractivity contribution in [1.82, 2.24) is 15.0 Å². The zero-order valence-electron chi connectivity index (χ0n) is 12.0. The smallest absolute Gasteiger partial charge is 0.225 e. The van der Waals surface area contributed by atoms with Gasteiger partial charge in [0.05, 0.1) is 6.26 Å². The Morgan fingerprint density at radius 1 is 1.23 bits per heavy atom. The minimum absolute atomic E-state index is 0.107. The highest BCUT2D eigenvalue weighted by molar-refractivity contribution is 5.90. The Morgan fingerprint density at radius 2 is 2.05 bits per heavy atom. The molecule has 3 aromatic heterocycles. The Bertz CT molecular complexity index is 770. The Balaban J connectivity index is 2.07. The van der Waals surface area contributed by atoms with E-state index < -0.39 is 0 Å². The Hall–Kier alpha value is -3.02. The number of anilines is 1. The zero-order valence-corrected chi connectivity index (χ0v) is 12.0. The summed E-state index contributed by atoms with van der Waals surface area (Å²) in [6.45, 7) is 1.79. The molecule has 0 unspecified atom stereocenters. The van der Waals surface area contributed by atoms with Gasteiger partial charge in [-0.05, 0) is 24.3 Å². The van der Waals surface area contributed by atoms with Crippen molar-refractivity contribution in [3.05, 3.63) is 49.0 Å². The van der Waals surface area contributed by atoms with Crippen molar-refractivity contribution >= 4 is 11.7 Å². The van der Waals surface area contributed by atoms with E-state index in [-0.39, 0.29) is 5.91 Å². The maximum Gasteiger partial charge on any atom is 0.225 e. The predicted molar refractivity (Wildman–Crippen MR) is 81.9 cm³/mol. The molecule has 0 saturated heterocycles. The third kappa shape index (κ3) is 3.01. The number of carbonyl (C=O) groups excluding carboxylic acids is 1. The van der Waals surface area contributed by atoms with Gasteiger partial charge >= 0.3 is 0 Å². The number of amides is 1. The largest absolute Gasteiger partial charge is 0.463 e. The van der Waals surface area contributed by atoms with Crippen molar-refractivity contribution in [2.24, 2.45) is 0 Å². The van der Waals surface area contributed by atoms with E-state index in [1.165, 1.54) is 0 Å². The first-order valence-electron chi connectivity index (χ1n) is 6.89. The van der Waals surface area contributed by atoms with Crippen LogP contribution in [0.15, 0.2) is 53.4 Å². The van der Waals surface area contributed by atoms with Gasteiger partial charge in [-0.15, -0.1) is 0 Å². The third-order valence-corrected chi connectivity index (χ3v) is 3.03. The fourth-order valence-corrected chi connectivity index (χ4v) is 1.92. The van der Waals surface area contributed by atoms with E-state index in [9.17, 15) is 4.79 Å². The summed E-state index contributed by atoms with van der Waals surface area (Å²) < 4.78 is 5.38. The third-order valence-electron chi connectivity index (χ3n) is 3.03. The second-order valence-electron chi connectivity index (χ2n) is 4.58. The van der Waals surface area contributed by atoms with Crippen molar-refractivity contribution in [2.45, 2.75) is 13.3 Å². The quantitative estimate of drug-likeness (QED) is 0.799. The molecule has 0 aliphatic heterocycles. The number of aromatic nitrogens is 3. The van der Waals surface area contributed by atoms with E-state index in [1.807, 2.05) is 18.2 Å². The standard InChI is InChI=1S/C16H14N4O2/c1-2-15(21)19-14-10-12(13-4-3-9-22-13)18-16(20-14)11-5-7-17-8-6-11/h3-10H,2H2,1H3,(H,18,19,20,21). The summed E-state index contributed by atoms with van der Waals surface area (Å²) in [4.78, 5) is 24.5. The molecule has 0 atom stereocenters. The topological polar surface area (TPSA) is 80.9 Å². The summed E-state index contributed by atoms with van der Waals surface area (Å²) in [7, 11) is 0. The van der Waals surface area contributed by atoms with Crippen LogP contribution in [0, 0.1) is 0 Å². The van der Waals surface area contributed by atoms with Crippen LogP contribution in [0.2, 0.25) is 0 Å². The van der Waals surface area contributed by atoms with Crippen LogP contribution in [-0.2, 0) is 4.79 Å². The molecule has 3 rings (SSSR count). The van der Waals surface area contributed by atoms with E-state index in [4.69, 9.17) is 4.42 Å². The number of nitrogens with one attached hydrogen (secondary N) is 1. The van der Waals surface area contributed by atoms with Crippen molar-refractivity contribution in [2.75, 3.05) is 5.32 Å². The first-order chi connectivity index (χ1) is 10.8. The second kappa shape index (κ2) is 6.17. The normalized spacial score (nSPS) is 10.4. The maximum absolute atomic E-state index is 11.6. The van der Waals surface area contributed by atoms with Crippen LogP contribution in [0.5, 0.6) is 0 Å². The number of hydrogen-bond acceptors (Lipinski definition) is 5. The van der Waals surface area contributed by atoms with Crippen LogP contribution in [0.1, 0.15) is 13.3 Å². The molecule has 1 N–H and O–H groups in total. The lowest BCUT2D eigenvalue weighted by Gasteiger charge is -2.08. The highest BCUT2D eigenvalue weighted by atomic mass is 16.3. The molecular weight excluding hydrogens is 280 g/mol. The molecule has 1 amide bonds. The van der Waals surface area contributed by atoms with Crippen LogP contribution in [0.4, 0.5) is 5.82 Å². The lowest BCUT2D eigenvalue weighted by Crippen LogP contribution is -2.11. The SMILES string of the molecule is CCC(=O)Nc1cc(-c2ccco2)nc(-c2ccncc2)n1. The minimum atomic E-state index is -0.107. The molecule has 6 nitrogen and oxygen atoms in total. The highest BCUT2D eigenvalue weighted by Crippen LogP contribution is 2.24. The number of carbonyl (C=O) groups is 1.